The molecule has 1 aliphatic rings. The Morgan fingerprint density at radius 2 is 1.81 bits per heavy atom. The number of primary amides is 1. The molecule has 0 spiro atoms. The minimum Gasteiger partial charge on any atom is -0.493 e. The maximum Gasteiger partial charge on any atom is 0.241 e. The molecule has 146 valence electrons. The molecular weight excluding hydrogens is 380 g/mol. The Kier molecular flexibility index (Phi) is 7.14. The molecule has 1 unspecified atom stereocenters. The smallest absolute Gasteiger partial charge is 0.241 e. The zero-order valence-electron chi connectivity index (χ0n) is 15.0. The number of halogens is 1. The highest BCUT2D eigenvalue weighted by Crippen LogP contribution is 2.34. The lowest BCUT2D eigenvalue weighted by Crippen LogP contribution is -2.37. The molecular formula is C17H25ClN2O5S. The van der Waals surface area contributed by atoms with E-state index < -0.39 is 21.3 Å². The molecule has 0 saturated heterocycles. The molecule has 26 heavy (non-hydrogen) atoms. The minimum absolute atomic E-state index is 0.0209. The summed E-state index contributed by atoms with van der Waals surface area (Å²) < 4.78 is 39.2. The number of benzene rings is 1. The van der Waals surface area contributed by atoms with E-state index in [1.54, 1.807) is 0 Å². The molecule has 1 amide bonds. The molecule has 3 N–H and O–H groups in total. The van der Waals surface area contributed by atoms with Crippen LogP contribution in [0.2, 0.25) is 0 Å². The van der Waals surface area contributed by atoms with Gasteiger partial charge in [0.25, 0.3) is 0 Å². The summed E-state index contributed by atoms with van der Waals surface area (Å²) in [5.74, 6) is -0.0806. The average molecular weight is 405 g/mol. The third-order valence-electron chi connectivity index (χ3n) is 4.49. The van der Waals surface area contributed by atoms with Crippen molar-refractivity contribution in [1.29, 1.82) is 0 Å². The lowest BCUT2D eigenvalue weighted by Gasteiger charge is -2.24. The number of nitrogens with two attached hydrogens (primary N) is 1. The first-order chi connectivity index (χ1) is 12.3. The summed E-state index contributed by atoms with van der Waals surface area (Å²) in [6.45, 7) is 0. The van der Waals surface area contributed by atoms with Gasteiger partial charge in [-0.2, -0.15) is 0 Å². The van der Waals surface area contributed by atoms with E-state index >= 15 is 0 Å². The van der Waals surface area contributed by atoms with Crippen LogP contribution in [0.15, 0.2) is 17.0 Å². The van der Waals surface area contributed by atoms with E-state index in [0.717, 1.165) is 32.1 Å². The summed E-state index contributed by atoms with van der Waals surface area (Å²) in [7, 11) is -0.942. The van der Waals surface area contributed by atoms with Crippen LogP contribution in [-0.2, 0) is 21.2 Å². The fourth-order valence-corrected chi connectivity index (χ4v) is 4.83. The van der Waals surface area contributed by atoms with Gasteiger partial charge in [-0.25, -0.2) is 13.1 Å². The molecule has 0 aromatic heterocycles. The van der Waals surface area contributed by atoms with Crippen LogP contribution in [-0.4, -0.2) is 40.0 Å². The van der Waals surface area contributed by atoms with Gasteiger partial charge in [0, 0.05) is 12.1 Å². The van der Waals surface area contributed by atoms with Crippen LogP contribution in [0.4, 0.5) is 0 Å². The van der Waals surface area contributed by atoms with Gasteiger partial charge in [0.2, 0.25) is 15.9 Å². The normalized spacial score (nSPS) is 16.9. The molecule has 1 atom stereocenters. The second-order valence-corrected chi connectivity index (χ2v) is 8.55. The Hall–Kier alpha value is -1.51. The predicted octanol–water partition coefficient (Wildman–Crippen LogP) is 1.95. The van der Waals surface area contributed by atoms with E-state index in [1.165, 1.54) is 26.4 Å². The fraction of sp³-hybridized carbons (Fsp3) is 0.588. The van der Waals surface area contributed by atoms with E-state index in [0.29, 0.717) is 11.3 Å². The summed E-state index contributed by atoms with van der Waals surface area (Å²) in [5, 5.41) is -1.03. The van der Waals surface area contributed by atoms with Crippen LogP contribution >= 0.6 is 11.6 Å². The maximum absolute atomic E-state index is 13.0. The summed E-state index contributed by atoms with van der Waals surface area (Å²) in [6.07, 6.45) is 4.70. The highest BCUT2D eigenvalue weighted by atomic mass is 35.5. The van der Waals surface area contributed by atoms with Crippen molar-refractivity contribution in [2.45, 2.75) is 54.8 Å². The van der Waals surface area contributed by atoms with Gasteiger partial charge in [0.15, 0.2) is 11.5 Å². The number of methoxy groups -OCH3 is 2. The van der Waals surface area contributed by atoms with E-state index in [1.807, 2.05) is 0 Å². The predicted molar refractivity (Wildman–Crippen MR) is 99.3 cm³/mol. The molecule has 1 aliphatic carbocycles. The highest BCUT2D eigenvalue weighted by Gasteiger charge is 2.27. The Morgan fingerprint density at radius 1 is 1.23 bits per heavy atom. The van der Waals surface area contributed by atoms with E-state index in [4.69, 9.17) is 26.8 Å². The SMILES string of the molecule is COc1cc(CC(Cl)C(N)=O)c(S(=O)(=O)NC2CCCCC2)cc1OC. The van der Waals surface area contributed by atoms with Crippen molar-refractivity contribution in [2.24, 2.45) is 5.73 Å². The number of carbonyl (C=O) groups excluding carboxylic acids is 1. The van der Waals surface area contributed by atoms with Gasteiger partial charge < -0.3 is 15.2 Å². The lowest BCUT2D eigenvalue weighted by molar-refractivity contribution is -0.117. The summed E-state index contributed by atoms with van der Waals surface area (Å²) in [6, 6.07) is 2.81. The monoisotopic (exact) mass is 404 g/mol. The first kappa shape index (κ1) is 20.8. The topological polar surface area (TPSA) is 108 Å². The Morgan fingerprint density at radius 3 is 2.35 bits per heavy atom. The second-order valence-electron chi connectivity index (χ2n) is 6.35. The molecule has 1 fully saturated rings. The van der Waals surface area contributed by atoms with Gasteiger partial charge in [-0.15, -0.1) is 11.6 Å². The molecule has 1 aromatic carbocycles. The van der Waals surface area contributed by atoms with Gasteiger partial charge >= 0.3 is 0 Å². The third kappa shape index (κ3) is 5.02. The van der Waals surface area contributed by atoms with Crippen molar-refractivity contribution in [3.63, 3.8) is 0 Å². The van der Waals surface area contributed by atoms with Crippen LogP contribution in [0.3, 0.4) is 0 Å². The Bertz CT molecular complexity index is 748. The lowest BCUT2D eigenvalue weighted by atomic mass is 9.96. The largest absolute Gasteiger partial charge is 0.493 e. The van der Waals surface area contributed by atoms with Crippen LogP contribution < -0.4 is 19.9 Å². The maximum atomic E-state index is 13.0. The Balaban J connectivity index is 2.43. The van der Waals surface area contributed by atoms with Gasteiger partial charge in [0.1, 0.15) is 5.38 Å². The van der Waals surface area contributed by atoms with Crippen LogP contribution in [0.25, 0.3) is 0 Å². The highest BCUT2D eigenvalue weighted by molar-refractivity contribution is 7.89. The molecule has 0 radical (unpaired) electrons. The van der Waals surface area contributed by atoms with Gasteiger partial charge in [-0.3, -0.25) is 4.79 Å². The summed E-state index contributed by atoms with van der Waals surface area (Å²) >= 11 is 5.97. The number of sulfonamides is 1. The van der Waals surface area contributed by atoms with Crippen LogP contribution in [0.5, 0.6) is 11.5 Å². The van der Waals surface area contributed by atoms with E-state index in [-0.39, 0.29) is 23.1 Å². The van der Waals surface area contributed by atoms with Crippen molar-refractivity contribution in [1.82, 2.24) is 4.72 Å². The third-order valence-corrected chi connectivity index (χ3v) is 6.46. The number of carbonyl (C=O) groups is 1. The number of ether oxygens (including phenoxy) is 2. The van der Waals surface area contributed by atoms with Gasteiger partial charge in [0.05, 0.1) is 19.1 Å². The number of alkyl halides is 1. The summed E-state index contributed by atoms with van der Waals surface area (Å²) in [5.41, 5.74) is 5.58. The number of hydrogen-bond acceptors (Lipinski definition) is 5. The molecule has 0 bridgehead atoms. The number of hydrogen-bond donors (Lipinski definition) is 2. The number of nitrogens with one attached hydrogen (secondary N) is 1. The van der Waals surface area contributed by atoms with Crippen molar-refractivity contribution in [3.8, 4) is 11.5 Å². The zero-order chi connectivity index (χ0) is 19.3. The number of amides is 1. The second kappa shape index (κ2) is 8.92. The van der Waals surface area contributed by atoms with E-state index in [2.05, 4.69) is 4.72 Å². The first-order valence-electron chi connectivity index (χ1n) is 8.49. The molecule has 0 heterocycles. The number of rotatable bonds is 8. The van der Waals surface area contributed by atoms with Gasteiger partial charge in [-0.05, 0) is 30.9 Å². The molecule has 7 nitrogen and oxygen atoms in total. The van der Waals surface area contributed by atoms with Crippen molar-refractivity contribution >= 4 is 27.5 Å². The van der Waals surface area contributed by atoms with Crippen LogP contribution in [0, 0.1) is 0 Å². The molecule has 2 rings (SSSR count). The molecule has 1 aromatic rings. The quantitative estimate of drug-likeness (QED) is 0.644. The molecule has 9 heteroatoms. The first-order valence-corrected chi connectivity index (χ1v) is 10.4. The summed E-state index contributed by atoms with van der Waals surface area (Å²) in [4.78, 5) is 11.3. The van der Waals surface area contributed by atoms with Crippen molar-refractivity contribution in [2.75, 3.05) is 14.2 Å². The minimum atomic E-state index is -3.82. The molecule has 0 aliphatic heterocycles. The zero-order valence-corrected chi connectivity index (χ0v) is 16.5. The standard InChI is InChI=1S/C17H25ClN2O5S/c1-24-14-9-11(8-13(18)17(19)21)16(10-15(14)25-2)26(22,23)20-12-6-4-3-5-7-12/h9-10,12-13,20H,3-8H2,1-2H3,(H2,19,21). The van der Waals surface area contributed by atoms with Crippen molar-refractivity contribution < 1.29 is 22.7 Å². The Labute approximate surface area is 159 Å². The molecule has 1 saturated carbocycles. The van der Waals surface area contributed by atoms with Gasteiger partial charge in [-0.1, -0.05) is 19.3 Å². The van der Waals surface area contributed by atoms with E-state index in [9.17, 15) is 13.2 Å². The van der Waals surface area contributed by atoms with Crippen LogP contribution in [0.1, 0.15) is 37.7 Å². The fourth-order valence-electron chi connectivity index (χ4n) is 3.11. The average Bonchev–Trinajstić information content (AvgIpc) is 2.61. The van der Waals surface area contributed by atoms with Crippen molar-refractivity contribution in [3.05, 3.63) is 17.7 Å².